The Morgan fingerprint density at radius 2 is 1.48 bits per heavy atom. The minimum Gasteiger partial charge on any atom is -0.388 e. The van der Waals surface area contributed by atoms with E-state index in [0.29, 0.717) is 5.92 Å². The highest BCUT2D eigenvalue weighted by Crippen LogP contribution is 2.33. The van der Waals surface area contributed by atoms with Gasteiger partial charge in [-0.3, -0.25) is 0 Å². The molecule has 1 aliphatic heterocycles. The second-order valence-corrected chi connectivity index (χ2v) is 6.12. The van der Waals surface area contributed by atoms with Gasteiger partial charge in [0.15, 0.2) is 0 Å². The van der Waals surface area contributed by atoms with Crippen LogP contribution in [-0.4, -0.2) is 54.7 Å². The number of nitrogens with zero attached hydrogens (tertiary/aromatic N) is 2. The van der Waals surface area contributed by atoms with Gasteiger partial charge in [0.1, 0.15) is 0 Å². The lowest BCUT2D eigenvalue weighted by molar-refractivity contribution is 0.0927. The SMILES string of the molecule is CC.CC.CC.CN1CCN(CC2Cc3ccccc3C(O)C2)CC1. The first-order valence-electron chi connectivity index (χ1n) is 10.4. The summed E-state index contributed by atoms with van der Waals surface area (Å²) in [5.74, 6) is 0.605. The Morgan fingerprint density at radius 3 is 2.08 bits per heavy atom. The van der Waals surface area contributed by atoms with Crippen molar-refractivity contribution in [1.82, 2.24) is 9.80 Å². The van der Waals surface area contributed by atoms with E-state index in [1.165, 1.54) is 31.7 Å². The van der Waals surface area contributed by atoms with E-state index in [1.54, 1.807) is 0 Å². The molecule has 0 spiro atoms. The fourth-order valence-electron chi connectivity index (χ4n) is 3.42. The monoisotopic (exact) mass is 350 g/mol. The van der Waals surface area contributed by atoms with Crippen LogP contribution in [0.3, 0.4) is 0 Å². The van der Waals surface area contributed by atoms with Crippen LogP contribution in [0.25, 0.3) is 0 Å². The fraction of sp³-hybridized carbons (Fsp3) is 0.727. The van der Waals surface area contributed by atoms with Crippen LogP contribution in [0.2, 0.25) is 0 Å². The molecule has 1 aliphatic carbocycles. The van der Waals surface area contributed by atoms with E-state index in [1.807, 2.05) is 47.6 Å². The Kier molecular flexibility index (Phi) is 13.8. The van der Waals surface area contributed by atoms with Gasteiger partial charge in [0.05, 0.1) is 6.10 Å². The maximum atomic E-state index is 10.3. The van der Waals surface area contributed by atoms with E-state index in [4.69, 9.17) is 0 Å². The molecule has 0 amide bonds. The zero-order chi connectivity index (χ0) is 19.2. The molecule has 1 N–H and O–H groups in total. The third kappa shape index (κ3) is 7.89. The first kappa shape index (κ1) is 24.1. The largest absolute Gasteiger partial charge is 0.388 e. The average molecular weight is 351 g/mol. The van der Waals surface area contributed by atoms with Gasteiger partial charge in [0.25, 0.3) is 0 Å². The summed E-state index contributed by atoms with van der Waals surface area (Å²) in [4.78, 5) is 4.95. The summed E-state index contributed by atoms with van der Waals surface area (Å²) in [6.07, 6.45) is 1.78. The summed E-state index contributed by atoms with van der Waals surface area (Å²) in [5, 5.41) is 10.3. The number of piperazine rings is 1. The molecule has 2 unspecified atom stereocenters. The Hall–Kier alpha value is -0.900. The third-order valence-electron chi connectivity index (χ3n) is 4.59. The summed E-state index contributed by atoms with van der Waals surface area (Å²) in [6, 6.07) is 8.37. The van der Waals surface area contributed by atoms with Gasteiger partial charge >= 0.3 is 0 Å². The minimum absolute atomic E-state index is 0.262. The lowest BCUT2D eigenvalue weighted by Crippen LogP contribution is -2.46. The van der Waals surface area contributed by atoms with Crippen LogP contribution in [0.5, 0.6) is 0 Å². The van der Waals surface area contributed by atoms with Gasteiger partial charge in [0, 0.05) is 32.7 Å². The summed E-state index contributed by atoms with van der Waals surface area (Å²) in [5.41, 5.74) is 2.50. The van der Waals surface area contributed by atoms with Crippen LogP contribution in [-0.2, 0) is 6.42 Å². The molecule has 0 saturated carbocycles. The van der Waals surface area contributed by atoms with Crippen LogP contribution in [0.4, 0.5) is 0 Å². The van der Waals surface area contributed by atoms with Crippen molar-refractivity contribution in [1.29, 1.82) is 0 Å². The van der Waals surface area contributed by atoms with Crippen LogP contribution in [0.15, 0.2) is 24.3 Å². The Labute approximate surface area is 157 Å². The molecule has 3 rings (SSSR count). The molecule has 2 aliphatic rings. The number of benzene rings is 1. The van der Waals surface area contributed by atoms with Gasteiger partial charge < -0.3 is 14.9 Å². The first-order valence-corrected chi connectivity index (χ1v) is 10.4. The summed E-state index contributed by atoms with van der Waals surface area (Å²) < 4.78 is 0. The highest BCUT2D eigenvalue weighted by molar-refractivity contribution is 5.31. The molecule has 0 bridgehead atoms. The van der Waals surface area contributed by atoms with Gasteiger partial charge in [-0.2, -0.15) is 0 Å². The van der Waals surface area contributed by atoms with Gasteiger partial charge in [-0.15, -0.1) is 0 Å². The molecule has 1 saturated heterocycles. The van der Waals surface area contributed by atoms with Gasteiger partial charge in [-0.1, -0.05) is 65.8 Å². The topological polar surface area (TPSA) is 26.7 Å². The van der Waals surface area contributed by atoms with Gasteiger partial charge in [0.2, 0.25) is 0 Å². The molecular weight excluding hydrogens is 308 g/mol. The number of aliphatic hydroxyl groups is 1. The number of hydrogen-bond donors (Lipinski definition) is 1. The molecule has 146 valence electrons. The highest BCUT2D eigenvalue weighted by Gasteiger charge is 2.27. The smallest absolute Gasteiger partial charge is 0.0796 e. The molecule has 3 nitrogen and oxygen atoms in total. The molecule has 0 aromatic heterocycles. The maximum Gasteiger partial charge on any atom is 0.0796 e. The van der Waals surface area contributed by atoms with Crippen molar-refractivity contribution < 1.29 is 5.11 Å². The number of rotatable bonds is 2. The third-order valence-corrected chi connectivity index (χ3v) is 4.59. The average Bonchev–Trinajstić information content (AvgIpc) is 2.68. The van der Waals surface area contributed by atoms with Crippen molar-refractivity contribution in [3.63, 3.8) is 0 Å². The first-order chi connectivity index (χ1) is 12.2. The number of aliphatic hydroxyl groups excluding tert-OH is 1. The highest BCUT2D eigenvalue weighted by atomic mass is 16.3. The molecule has 1 heterocycles. The maximum absolute atomic E-state index is 10.3. The molecule has 0 radical (unpaired) electrons. The fourth-order valence-corrected chi connectivity index (χ4v) is 3.42. The standard InChI is InChI=1S/C16H24N2O.3C2H6/c1-17-6-8-18(9-7-17)12-13-10-14-4-2-3-5-15(14)16(19)11-13;3*1-2/h2-5,13,16,19H,6-12H2,1H3;3*1-2H3. The quantitative estimate of drug-likeness (QED) is 0.844. The van der Waals surface area contributed by atoms with E-state index in [9.17, 15) is 5.11 Å². The van der Waals surface area contributed by atoms with Crippen molar-refractivity contribution in [2.75, 3.05) is 39.8 Å². The molecule has 2 atom stereocenters. The van der Waals surface area contributed by atoms with Crippen molar-refractivity contribution in [3.8, 4) is 0 Å². The summed E-state index contributed by atoms with van der Waals surface area (Å²) in [6.45, 7) is 17.8. The zero-order valence-electron chi connectivity index (χ0n) is 17.8. The number of fused-ring (bicyclic) bond motifs is 1. The van der Waals surface area contributed by atoms with Crippen molar-refractivity contribution in [2.45, 2.75) is 60.5 Å². The molecule has 1 aromatic carbocycles. The summed E-state index contributed by atoms with van der Waals surface area (Å²) in [7, 11) is 2.19. The van der Waals surface area contributed by atoms with Crippen molar-refractivity contribution in [3.05, 3.63) is 35.4 Å². The lowest BCUT2D eigenvalue weighted by Gasteiger charge is -2.37. The van der Waals surface area contributed by atoms with E-state index in [2.05, 4.69) is 35.0 Å². The van der Waals surface area contributed by atoms with E-state index < -0.39 is 0 Å². The van der Waals surface area contributed by atoms with E-state index in [-0.39, 0.29) is 6.10 Å². The van der Waals surface area contributed by atoms with Crippen LogP contribution in [0, 0.1) is 5.92 Å². The number of hydrogen-bond acceptors (Lipinski definition) is 3. The van der Waals surface area contributed by atoms with Gasteiger partial charge in [-0.05, 0) is 36.9 Å². The zero-order valence-corrected chi connectivity index (χ0v) is 17.8. The molecular formula is C22H42N2O. The Bertz CT molecular complexity index is 428. The normalized spacial score (nSPS) is 22.9. The van der Waals surface area contributed by atoms with E-state index >= 15 is 0 Å². The molecule has 3 heteroatoms. The van der Waals surface area contributed by atoms with Crippen molar-refractivity contribution >= 4 is 0 Å². The van der Waals surface area contributed by atoms with Crippen LogP contribution >= 0.6 is 0 Å². The van der Waals surface area contributed by atoms with E-state index in [0.717, 1.165) is 24.9 Å². The molecule has 1 fully saturated rings. The number of likely N-dealkylation sites (N-methyl/N-ethyl adjacent to an activating group) is 1. The second-order valence-electron chi connectivity index (χ2n) is 6.12. The molecule has 25 heavy (non-hydrogen) atoms. The Balaban J connectivity index is 0.000000871. The summed E-state index contributed by atoms with van der Waals surface area (Å²) >= 11 is 0. The predicted molar refractivity (Wildman–Crippen MR) is 111 cm³/mol. The second kappa shape index (κ2) is 14.3. The predicted octanol–water partition coefficient (Wildman–Crippen LogP) is 4.61. The van der Waals surface area contributed by atoms with Gasteiger partial charge in [-0.25, -0.2) is 0 Å². The lowest BCUT2D eigenvalue weighted by atomic mass is 9.82. The molecule has 1 aromatic rings. The van der Waals surface area contributed by atoms with Crippen LogP contribution < -0.4 is 0 Å². The van der Waals surface area contributed by atoms with Crippen LogP contribution in [0.1, 0.15) is 65.2 Å². The van der Waals surface area contributed by atoms with Crippen molar-refractivity contribution in [2.24, 2.45) is 5.92 Å². The Morgan fingerprint density at radius 1 is 0.920 bits per heavy atom. The minimum atomic E-state index is -0.262.